The minimum atomic E-state index is -0.0723. The Kier molecular flexibility index (Phi) is 4.75. The molecule has 8 heteroatoms. The van der Waals surface area contributed by atoms with Crippen LogP contribution >= 0.6 is 11.3 Å². The lowest BCUT2D eigenvalue weighted by atomic mass is 10.00. The quantitative estimate of drug-likeness (QED) is 0.704. The van der Waals surface area contributed by atoms with E-state index in [0.717, 1.165) is 20.8 Å². The zero-order valence-electron chi connectivity index (χ0n) is 15.3. The van der Waals surface area contributed by atoms with Gasteiger partial charge in [-0.2, -0.15) is 0 Å². The third-order valence-electron chi connectivity index (χ3n) is 4.75. The van der Waals surface area contributed by atoms with Crippen molar-refractivity contribution in [2.24, 2.45) is 11.7 Å². The van der Waals surface area contributed by atoms with Gasteiger partial charge in [0.15, 0.2) is 5.69 Å². The molecule has 0 radical (unpaired) electrons. The van der Waals surface area contributed by atoms with Gasteiger partial charge in [0, 0.05) is 30.1 Å². The molecule has 3 aromatic heterocycles. The highest BCUT2D eigenvalue weighted by molar-refractivity contribution is 7.19. The molecule has 0 saturated carbocycles. The molecule has 4 rings (SSSR count). The van der Waals surface area contributed by atoms with Crippen molar-refractivity contribution in [3.05, 3.63) is 46.7 Å². The van der Waals surface area contributed by atoms with Gasteiger partial charge in [-0.05, 0) is 38.6 Å². The summed E-state index contributed by atoms with van der Waals surface area (Å²) in [7, 11) is 0. The molecule has 1 unspecified atom stereocenters. The van der Waals surface area contributed by atoms with Gasteiger partial charge >= 0.3 is 0 Å². The van der Waals surface area contributed by atoms with Crippen molar-refractivity contribution in [2.75, 3.05) is 25.0 Å². The van der Waals surface area contributed by atoms with Gasteiger partial charge in [0.2, 0.25) is 5.95 Å². The summed E-state index contributed by atoms with van der Waals surface area (Å²) in [6.45, 7) is 6.00. The zero-order chi connectivity index (χ0) is 19.0. The van der Waals surface area contributed by atoms with E-state index in [2.05, 4.69) is 20.3 Å². The molecule has 1 aliphatic rings. The van der Waals surface area contributed by atoms with Crippen LogP contribution in [0.3, 0.4) is 0 Å². The summed E-state index contributed by atoms with van der Waals surface area (Å²) in [5.41, 5.74) is 7.83. The lowest BCUT2D eigenvalue weighted by Gasteiger charge is -2.38. The molecule has 7 nitrogen and oxygen atoms in total. The lowest BCUT2D eigenvalue weighted by molar-refractivity contribution is 0.0512. The van der Waals surface area contributed by atoms with Crippen LogP contribution in [0.1, 0.15) is 34.0 Å². The number of hydrogen-bond donors (Lipinski definition) is 2. The summed E-state index contributed by atoms with van der Waals surface area (Å²) < 4.78 is 0.838. The normalized spacial score (nSPS) is 15.6. The van der Waals surface area contributed by atoms with Gasteiger partial charge in [-0.1, -0.05) is 6.07 Å². The Labute approximate surface area is 161 Å². The van der Waals surface area contributed by atoms with Crippen LogP contribution in [0.2, 0.25) is 0 Å². The Hall–Kier alpha value is -2.58. The van der Waals surface area contributed by atoms with E-state index in [4.69, 9.17) is 5.73 Å². The van der Waals surface area contributed by atoms with E-state index in [1.165, 1.54) is 0 Å². The van der Waals surface area contributed by atoms with Crippen molar-refractivity contribution < 1.29 is 4.79 Å². The first-order valence-corrected chi connectivity index (χ1v) is 9.81. The number of anilines is 1. The second kappa shape index (κ2) is 7.21. The Bertz CT molecular complexity index is 967. The summed E-state index contributed by atoms with van der Waals surface area (Å²) in [6.07, 6.45) is 1.76. The Morgan fingerprint density at radius 3 is 2.93 bits per heavy atom. The third-order valence-corrected chi connectivity index (χ3v) is 5.80. The summed E-state index contributed by atoms with van der Waals surface area (Å²) in [6, 6.07) is 7.69. The van der Waals surface area contributed by atoms with E-state index in [9.17, 15) is 4.79 Å². The van der Waals surface area contributed by atoms with Crippen molar-refractivity contribution in [3.8, 4) is 0 Å². The van der Waals surface area contributed by atoms with Crippen LogP contribution in [-0.2, 0) is 0 Å². The molecular weight excluding hydrogens is 360 g/mol. The highest BCUT2D eigenvalue weighted by atomic mass is 32.1. The van der Waals surface area contributed by atoms with Gasteiger partial charge in [-0.15, -0.1) is 11.3 Å². The van der Waals surface area contributed by atoms with E-state index in [1.807, 2.05) is 38.1 Å². The molecule has 1 saturated heterocycles. The van der Waals surface area contributed by atoms with Crippen LogP contribution in [0.25, 0.3) is 10.2 Å². The SMILES string of the molecule is Cc1cc2nc(NC(C)c3ccccn3)nc(C(=O)N3CC(CN)C3)c2s1. The number of likely N-dealkylation sites (tertiary alicyclic amines) is 1. The van der Waals surface area contributed by atoms with E-state index >= 15 is 0 Å². The van der Waals surface area contributed by atoms with E-state index in [1.54, 1.807) is 22.4 Å². The minimum Gasteiger partial charge on any atom is -0.346 e. The molecule has 0 spiro atoms. The van der Waals surface area contributed by atoms with Crippen LogP contribution in [0.5, 0.6) is 0 Å². The summed E-state index contributed by atoms with van der Waals surface area (Å²) in [5, 5.41) is 3.28. The maximum atomic E-state index is 13.0. The molecule has 0 aliphatic carbocycles. The molecule has 0 bridgehead atoms. The molecule has 27 heavy (non-hydrogen) atoms. The monoisotopic (exact) mass is 382 g/mol. The first kappa shape index (κ1) is 17.8. The van der Waals surface area contributed by atoms with E-state index in [-0.39, 0.29) is 11.9 Å². The van der Waals surface area contributed by atoms with Crippen molar-refractivity contribution >= 4 is 33.4 Å². The fraction of sp³-hybridized carbons (Fsp3) is 0.368. The smallest absolute Gasteiger partial charge is 0.274 e. The fourth-order valence-electron chi connectivity index (χ4n) is 3.19. The van der Waals surface area contributed by atoms with Gasteiger partial charge < -0.3 is 16.0 Å². The van der Waals surface area contributed by atoms with Crippen molar-refractivity contribution in [1.29, 1.82) is 0 Å². The number of hydrogen-bond acceptors (Lipinski definition) is 7. The number of amides is 1. The molecule has 1 atom stereocenters. The fourth-order valence-corrected chi connectivity index (χ4v) is 4.12. The van der Waals surface area contributed by atoms with Gasteiger partial charge in [-0.3, -0.25) is 9.78 Å². The first-order chi connectivity index (χ1) is 13.0. The standard InChI is InChI=1S/C19H22N6OS/c1-11-7-15-17(27-11)16(18(26)25-9-13(8-20)10-25)24-19(23-15)22-12(2)14-5-3-4-6-21-14/h3-7,12-13H,8-10,20H2,1-2H3,(H,22,23,24). The van der Waals surface area contributed by atoms with Crippen LogP contribution < -0.4 is 11.1 Å². The average molecular weight is 382 g/mol. The van der Waals surface area contributed by atoms with Gasteiger partial charge in [-0.25, -0.2) is 9.97 Å². The van der Waals surface area contributed by atoms with Crippen LogP contribution in [0.4, 0.5) is 5.95 Å². The summed E-state index contributed by atoms with van der Waals surface area (Å²) >= 11 is 1.55. The number of pyridine rings is 1. The summed E-state index contributed by atoms with van der Waals surface area (Å²) in [4.78, 5) is 29.4. The highest BCUT2D eigenvalue weighted by Crippen LogP contribution is 2.30. The van der Waals surface area contributed by atoms with Crippen LogP contribution in [0, 0.1) is 12.8 Å². The van der Waals surface area contributed by atoms with Crippen molar-refractivity contribution in [1.82, 2.24) is 19.9 Å². The number of thiophene rings is 1. The number of carbonyl (C=O) groups excluding carboxylic acids is 1. The molecule has 3 N–H and O–H groups in total. The average Bonchev–Trinajstić information content (AvgIpc) is 3.00. The largest absolute Gasteiger partial charge is 0.346 e. The molecule has 140 valence electrons. The molecule has 1 amide bonds. The predicted molar refractivity (Wildman–Crippen MR) is 107 cm³/mol. The lowest BCUT2D eigenvalue weighted by Crippen LogP contribution is -2.52. The number of nitrogens with one attached hydrogen (secondary N) is 1. The number of aryl methyl sites for hydroxylation is 1. The topological polar surface area (TPSA) is 97.0 Å². The highest BCUT2D eigenvalue weighted by Gasteiger charge is 2.32. The Balaban J connectivity index is 1.65. The number of nitrogens with zero attached hydrogens (tertiary/aromatic N) is 4. The van der Waals surface area contributed by atoms with Gasteiger partial charge in [0.25, 0.3) is 5.91 Å². The predicted octanol–water partition coefficient (Wildman–Crippen LogP) is 2.60. The number of fused-ring (bicyclic) bond motifs is 1. The van der Waals surface area contributed by atoms with Gasteiger partial charge in [0.1, 0.15) is 0 Å². The molecule has 1 fully saturated rings. The number of nitrogens with two attached hydrogens (primary N) is 1. The zero-order valence-corrected chi connectivity index (χ0v) is 16.2. The molecule has 3 aromatic rings. The Morgan fingerprint density at radius 2 is 2.22 bits per heavy atom. The first-order valence-electron chi connectivity index (χ1n) is 9.00. The molecule has 1 aliphatic heterocycles. The number of rotatable bonds is 5. The molecule has 0 aromatic carbocycles. The number of aromatic nitrogens is 3. The molecular formula is C19H22N6OS. The van der Waals surface area contributed by atoms with Crippen LogP contribution in [0.15, 0.2) is 30.5 Å². The Morgan fingerprint density at radius 1 is 1.41 bits per heavy atom. The third kappa shape index (κ3) is 3.50. The van der Waals surface area contributed by atoms with E-state index < -0.39 is 0 Å². The maximum Gasteiger partial charge on any atom is 0.274 e. The minimum absolute atomic E-state index is 0.0533. The van der Waals surface area contributed by atoms with Crippen molar-refractivity contribution in [2.45, 2.75) is 19.9 Å². The number of carbonyl (C=O) groups is 1. The second-order valence-corrected chi connectivity index (χ2v) is 8.16. The van der Waals surface area contributed by atoms with Crippen LogP contribution in [-0.4, -0.2) is 45.4 Å². The van der Waals surface area contributed by atoms with Gasteiger partial charge in [0.05, 0.1) is 22.0 Å². The van der Waals surface area contributed by atoms with E-state index in [0.29, 0.717) is 37.2 Å². The molecule has 4 heterocycles. The maximum absolute atomic E-state index is 13.0. The van der Waals surface area contributed by atoms with Crippen molar-refractivity contribution in [3.63, 3.8) is 0 Å². The summed E-state index contributed by atoms with van der Waals surface area (Å²) in [5.74, 6) is 0.776. The second-order valence-electron chi connectivity index (χ2n) is 6.90.